The molecule has 3 rings (SSSR count). The number of amides is 1. The molecular formula is C16H19FN4O2. The molecule has 1 aromatic carbocycles. The van der Waals surface area contributed by atoms with Gasteiger partial charge in [-0.25, -0.2) is 4.39 Å². The molecule has 1 saturated heterocycles. The van der Waals surface area contributed by atoms with Crippen molar-refractivity contribution in [2.45, 2.75) is 32.2 Å². The molecule has 0 radical (unpaired) electrons. The van der Waals surface area contributed by atoms with E-state index in [-0.39, 0.29) is 17.8 Å². The quantitative estimate of drug-likeness (QED) is 0.875. The van der Waals surface area contributed by atoms with Crippen molar-refractivity contribution in [3.05, 3.63) is 35.5 Å². The van der Waals surface area contributed by atoms with Gasteiger partial charge in [0, 0.05) is 31.0 Å². The number of carbonyl (C=O) groups is 1. The van der Waals surface area contributed by atoms with E-state index in [9.17, 15) is 9.18 Å². The van der Waals surface area contributed by atoms with Gasteiger partial charge in [-0.1, -0.05) is 17.3 Å². The van der Waals surface area contributed by atoms with Gasteiger partial charge in [0.05, 0.1) is 0 Å². The van der Waals surface area contributed by atoms with Crippen molar-refractivity contribution in [1.29, 1.82) is 0 Å². The summed E-state index contributed by atoms with van der Waals surface area (Å²) in [4.78, 5) is 16.1. The van der Waals surface area contributed by atoms with Crippen molar-refractivity contribution in [1.82, 2.24) is 20.8 Å². The first kappa shape index (κ1) is 15.6. The molecule has 1 aromatic heterocycles. The van der Waals surface area contributed by atoms with Gasteiger partial charge in [-0.15, -0.1) is 0 Å². The highest BCUT2D eigenvalue weighted by Crippen LogP contribution is 2.19. The van der Waals surface area contributed by atoms with Crippen LogP contribution in [0.5, 0.6) is 0 Å². The molecule has 1 aliphatic heterocycles. The Morgan fingerprint density at radius 1 is 1.52 bits per heavy atom. The number of nitrogens with one attached hydrogen (secondary N) is 2. The largest absolute Gasteiger partial charge is 0.352 e. The number of halogens is 1. The smallest absolute Gasteiger partial charge is 0.227 e. The van der Waals surface area contributed by atoms with Crippen molar-refractivity contribution < 1.29 is 13.7 Å². The Bertz CT molecular complexity index is 695. The summed E-state index contributed by atoms with van der Waals surface area (Å²) in [5, 5.41) is 10.00. The number of nitrogens with zero attached hydrogens (tertiary/aromatic N) is 2. The molecule has 1 fully saturated rings. The van der Waals surface area contributed by atoms with Crippen LogP contribution in [-0.2, 0) is 11.2 Å². The van der Waals surface area contributed by atoms with Crippen LogP contribution in [0.25, 0.3) is 11.4 Å². The van der Waals surface area contributed by atoms with Gasteiger partial charge in [0.1, 0.15) is 5.82 Å². The first-order valence-electron chi connectivity index (χ1n) is 7.71. The number of carbonyl (C=O) groups excluding carboxylic acids is 1. The maximum Gasteiger partial charge on any atom is 0.227 e. The van der Waals surface area contributed by atoms with E-state index in [1.54, 1.807) is 19.1 Å². The monoisotopic (exact) mass is 318 g/mol. The summed E-state index contributed by atoms with van der Waals surface area (Å²) in [7, 11) is 0. The Kier molecular flexibility index (Phi) is 4.66. The lowest BCUT2D eigenvalue weighted by atomic mass is 10.1. The summed E-state index contributed by atoms with van der Waals surface area (Å²) in [5.74, 6) is 0.373. The molecule has 0 bridgehead atoms. The fourth-order valence-corrected chi connectivity index (χ4v) is 2.50. The average Bonchev–Trinajstić information content (AvgIpc) is 3.19. The van der Waals surface area contributed by atoms with E-state index in [4.69, 9.17) is 4.52 Å². The summed E-state index contributed by atoms with van der Waals surface area (Å²) < 4.78 is 18.7. The molecule has 122 valence electrons. The maximum absolute atomic E-state index is 13.6. The third-order valence-electron chi connectivity index (χ3n) is 3.89. The van der Waals surface area contributed by atoms with Gasteiger partial charge in [0.2, 0.25) is 17.6 Å². The molecule has 1 aliphatic rings. The molecule has 1 amide bonds. The molecular weight excluding hydrogens is 299 g/mol. The van der Waals surface area contributed by atoms with E-state index in [1.165, 1.54) is 6.07 Å². The van der Waals surface area contributed by atoms with E-state index < -0.39 is 0 Å². The van der Waals surface area contributed by atoms with Gasteiger partial charge in [-0.3, -0.25) is 4.79 Å². The Balaban J connectivity index is 1.56. The summed E-state index contributed by atoms with van der Waals surface area (Å²) in [5.41, 5.74) is 1.13. The molecule has 2 heterocycles. The third-order valence-corrected chi connectivity index (χ3v) is 3.89. The minimum atomic E-state index is -0.307. The van der Waals surface area contributed by atoms with Crippen LogP contribution in [0.3, 0.4) is 0 Å². The molecule has 6 nitrogen and oxygen atoms in total. The van der Waals surface area contributed by atoms with Crippen molar-refractivity contribution in [2.24, 2.45) is 0 Å². The SMILES string of the molecule is Cc1ccc(-c2noc(CCC(=O)NC3CCNC3)n2)cc1F. The average molecular weight is 318 g/mol. The summed E-state index contributed by atoms with van der Waals surface area (Å²) in [6.45, 7) is 3.44. The molecule has 0 spiro atoms. The van der Waals surface area contributed by atoms with Crippen LogP contribution in [0.4, 0.5) is 4.39 Å². The van der Waals surface area contributed by atoms with E-state index in [0.717, 1.165) is 19.5 Å². The van der Waals surface area contributed by atoms with Crippen LogP contribution in [0, 0.1) is 12.7 Å². The number of rotatable bonds is 5. The Labute approximate surface area is 133 Å². The summed E-state index contributed by atoms with van der Waals surface area (Å²) in [6, 6.07) is 5.00. The van der Waals surface area contributed by atoms with E-state index in [1.807, 2.05) is 0 Å². The number of hydrogen-bond donors (Lipinski definition) is 2. The van der Waals surface area contributed by atoms with E-state index in [0.29, 0.717) is 35.7 Å². The van der Waals surface area contributed by atoms with Crippen molar-refractivity contribution in [2.75, 3.05) is 13.1 Å². The topological polar surface area (TPSA) is 80.0 Å². The van der Waals surface area contributed by atoms with E-state index in [2.05, 4.69) is 20.8 Å². The lowest BCUT2D eigenvalue weighted by Gasteiger charge is -2.10. The van der Waals surface area contributed by atoms with Gasteiger partial charge in [-0.05, 0) is 31.5 Å². The number of hydrogen-bond acceptors (Lipinski definition) is 5. The lowest BCUT2D eigenvalue weighted by Crippen LogP contribution is -2.36. The molecule has 7 heteroatoms. The van der Waals surface area contributed by atoms with Gasteiger partial charge < -0.3 is 15.2 Å². The highest BCUT2D eigenvalue weighted by atomic mass is 19.1. The standard InChI is InChI=1S/C16H19FN4O2/c1-10-2-3-11(8-13(10)17)16-20-15(23-21-16)5-4-14(22)19-12-6-7-18-9-12/h2-3,8,12,18H,4-7,9H2,1H3,(H,19,22). The van der Waals surface area contributed by atoms with Crippen molar-refractivity contribution in [3.8, 4) is 11.4 Å². The molecule has 2 aromatic rings. The highest BCUT2D eigenvalue weighted by Gasteiger charge is 2.17. The predicted octanol–water partition coefficient (Wildman–Crippen LogP) is 1.59. The van der Waals surface area contributed by atoms with Crippen LogP contribution in [0.2, 0.25) is 0 Å². The fraction of sp³-hybridized carbons (Fsp3) is 0.438. The van der Waals surface area contributed by atoms with Crippen LogP contribution < -0.4 is 10.6 Å². The number of aryl methyl sites for hydroxylation is 2. The second kappa shape index (κ2) is 6.87. The molecule has 0 aliphatic carbocycles. The molecule has 1 atom stereocenters. The van der Waals surface area contributed by atoms with Gasteiger partial charge >= 0.3 is 0 Å². The summed E-state index contributed by atoms with van der Waals surface area (Å²) in [6.07, 6.45) is 1.61. The van der Waals surface area contributed by atoms with Crippen LogP contribution in [-0.4, -0.2) is 35.2 Å². The zero-order chi connectivity index (χ0) is 16.2. The van der Waals surface area contributed by atoms with Crippen molar-refractivity contribution in [3.63, 3.8) is 0 Å². The van der Waals surface area contributed by atoms with Crippen LogP contribution >= 0.6 is 0 Å². The Morgan fingerprint density at radius 2 is 2.39 bits per heavy atom. The molecule has 2 N–H and O–H groups in total. The molecule has 0 saturated carbocycles. The third kappa shape index (κ3) is 3.92. The molecule has 1 unspecified atom stereocenters. The fourth-order valence-electron chi connectivity index (χ4n) is 2.50. The van der Waals surface area contributed by atoms with Crippen LogP contribution in [0.1, 0.15) is 24.3 Å². The van der Waals surface area contributed by atoms with Gasteiger partial charge in [-0.2, -0.15) is 4.98 Å². The molecule has 23 heavy (non-hydrogen) atoms. The zero-order valence-corrected chi connectivity index (χ0v) is 12.9. The number of aromatic nitrogens is 2. The van der Waals surface area contributed by atoms with Crippen LogP contribution in [0.15, 0.2) is 22.7 Å². The predicted molar refractivity (Wildman–Crippen MR) is 82.2 cm³/mol. The normalized spacial score (nSPS) is 17.4. The summed E-state index contributed by atoms with van der Waals surface area (Å²) >= 11 is 0. The van der Waals surface area contributed by atoms with Gasteiger partial charge in [0.25, 0.3) is 0 Å². The second-order valence-electron chi connectivity index (χ2n) is 5.73. The van der Waals surface area contributed by atoms with Gasteiger partial charge in [0.15, 0.2) is 0 Å². The Morgan fingerprint density at radius 3 is 3.13 bits per heavy atom. The first-order chi connectivity index (χ1) is 11.1. The van der Waals surface area contributed by atoms with Crippen molar-refractivity contribution >= 4 is 5.91 Å². The number of benzene rings is 1. The maximum atomic E-state index is 13.6. The minimum absolute atomic E-state index is 0.0279. The lowest BCUT2D eigenvalue weighted by molar-refractivity contribution is -0.121. The highest BCUT2D eigenvalue weighted by molar-refractivity contribution is 5.76. The second-order valence-corrected chi connectivity index (χ2v) is 5.73. The minimum Gasteiger partial charge on any atom is -0.352 e. The zero-order valence-electron chi connectivity index (χ0n) is 12.9. The first-order valence-corrected chi connectivity index (χ1v) is 7.71. The van der Waals surface area contributed by atoms with E-state index >= 15 is 0 Å². The Hall–Kier alpha value is -2.28.